The van der Waals surface area contributed by atoms with Gasteiger partial charge >= 0.3 is 0 Å². The normalized spacial score (nSPS) is 17.4. The minimum atomic E-state index is -0.0400. The van der Waals surface area contributed by atoms with E-state index in [0.717, 1.165) is 0 Å². The Labute approximate surface area is 141 Å². The van der Waals surface area contributed by atoms with Crippen molar-refractivity contribution in [1.29, 1.82) is 0 Å². The molecule has 0 spiro atoms. The first-order valence-electron chi connectivity index (χ1n) is 7.91. The predicted molar refractivity (Wildman–Crippen MR) is 88.2 cm³/mol. The molecule has 2 heterocycles. The molecule has 1 saturated heterocycles. The molecule has 2 aromatic rings. The van der Waals surface area contributed by atoms with Crippen molar-refractivity contribution in [3.63, 3.8) is 0 Å². The van der Waals surface area contributed by atoms with E-state index in [0.29, 0.717) is 37.1 Å². The average molecular weight is 328 g/mol. The van der Waals surface area contributed by atoms with Gasteiger partial charge in [0.2, 0.25) is 5.88 Å². The van der Waals surface area contributed by atoms with E-state index in [2.05, 4.69) is 4.98 Å². The second-order valence-corrected chi connectivity index (χ2v) is 5.54. The minimum Gasteiger partial charge on any atom is -0.484 e. The second kappa shape index (κ2) is 7.79. The highest BCUT2D eigenvalue weighted by atomic mass is 16.5. The number of rotatable bonds is 5. The van der Waals surface area contributed by atoms with E-state index in [1.165, 1.54) is 0 Å². The van der Waals surface area contributed by atoms with Crippen LogP contribution in [0.2, 0.25) is 0 Å². The molecular formula is C18H20N2O4. The van der Waals surface area contributed by atoms with E-state index in [9.17, 15) is 4.79 Å². The molecule has 0 saturated carbocycles. The molecule has 1 atom stereocenters. The molecule has 0 aliphatic carbocycles. The molecule has 1 aromatic carbocycles. The largest absolute Gasteiger partial charge is 0.484 e. The summed E-state index contributed by atoms with van der Waals surface area (Å²) in [7, 11) is 0. The van der Waals surface area contributed by atoms with Gasteiger partial charge in [0.1, 0.15) is 11.5 Å². The van der Waals surface area contributed by atoms with Gasteiger partial charge in [-0.2, -0.15) is 0 Å². The maximum absolute atomic E-state index is 12.3. The van der Waals surface area contributed by atoms with Crippen LogP contribution in [0.3, 0.4) is 0 Å². The van der Waals surface area contributed by atoms with Crippen molar-refractivity contribution in [1.82, 2.24) is 9.88 Å². The zero-order valence-corrected chi connectivity index (χ0v) is 13.6. The molecule has 1 fully saturated rings. The summed E-state index contributed by atoms with van der Waals surface area (Å²) in [6.45, 7) is 3.71. The van der Waals surface area contributed by atoms with Crippen molar-refractivity contribution in [2.24, 2.45) is 0 Å². The summed E-state index contributed by atoms with van der Waals surface area (Å²) in [6.07, 6.45) is 1.66. The summed E-state index contributed by atoms with van der Waals surface area (Å²) in [6, 6.07) is 12.7. The second-order valence-electron chi connectivity index (χ2n) is 5.54. The molecule has 1 amide bonds. The van der Waals surface area contributed by atoms with E-state index in [-0.39, 0.29) is 18.6 Å². The van der Waals surface area contributed by atoms with Crippen LogP contribution in [0.25, 0.3) is 0 Å². The van der Waals surface area contributed by atoms with E-state index < -0.39 is 0 Å². The van der Waals surface area contributed by atoms with Crippen LogP contribution < -0.4 is 9.47 Å². The van der Waals surface area contributed by atoms with Gasteiger partial charge < -0.3 is 19.1 Å². The summed E-state index contributed by atoms with van der Waals surface area (Å²) in [4.78, 5) is 18.2. The van der Waals surface area contributed by atoms with Gasteiger partial charge in [0.25, 0.3) is 5.91 Å². The van der Waals surface area contributed by atoms with Gasteiger partial charge in [-0.25, -0.2) is 4.98 Å². The zero-order valence-electron chi connectivity index (χ0n) is 13.6. The quantitative estimate of drug-likeness (QED) is 0.844. The highest BCUT2D eigenvalue weighted by molar-refractivity contribution is 5.78. The number of hydrogen-bond donors (Lipinski definition) is 0. The third kappa shape index (κ3) is 4.23. The van der Waals surface area contributed by atoms with E-state index in [1.54, 1.807) is 29.3 Å². The van der Waals surface area contributed by atoms with Gasteiger partial charge in [-0.15, -0.1) is 0 Å². The smallest absolute Gasteiger partial charge is 0.260 e. The molecule has 24 heavy (non-hydrogen) atoms. The molecule has 0 bridgehead atoms. The van der Waals surface area contributed by atoms with Gasteiger partial charge in [-0.1, -0.05) is 12.1 Å². The molecule has 0 radical (unpaired) electrons. The number of aromatic nitrogens is 1. The summed E-state index contributed by atoms with van der Waals surface area (Å²) in [5, 5.41) is 0. The molecule has 1 aliphatic heterocycles. The lowest BCUT2D eigenvalue weighted by atomic mass is 10.2. The first kappa shape index (κ1) is 16.3. The Morgan fingerprint density at radius 1 is 1.29 bits per heavy atom. The Morgan fingerprint density at radius 3 is 2.96 bits per heavy atom. The molecule has 1 aromatic heterocycles. The number of carbonyl (C=O) groups excluding carboxylic acids is 1. The van der Waals surface area contributed by atoms with Gasteiger partial charge in [0, 0.05) is 24.9 Å². The third-order valence-corrected chi connectivity index (χ3v) is 3.72. The molecule has 3 rings (SSSR count). The number of hydrogen-bond acceptors (Lipinski definition) is 5. The van der Waals surface area contributed by atoms with Crippen molar-refractivity contribution in [2.75, 3.05) is 26.4 Å². The Hall–Kier alpha value is -2.60. The maximum Gasteiger partial charge on any atom is 0.260 e. The third-order valence-electron chi connectivity index (χ3n) is 3.72. The SMILES string of the molecule is C[C@H]1COCCN1C(=O)COc1cccc(Oc2ccccn2)c1. The number of nitrogens with zero attached hydrogens (tertiary/aromatic N) is 2. The number of amides is 1. The van der Waals surface area contributed by atoms with Gasteiger partial charge in [0.15, 0.2) is 6.61 Å². The molecule has 6 nitrogen and oxygen atoms in total. The van der Waals surface area contributed by atoms with E-state index >= 15 is 0 Å². The van der Waals surface area contributed by atoms with E-state index in [4.69, 9.17) is 14.2 Å². The summed E-state index contributed by atoms with van der Waals surface area (Å²) in [5.74, 6) is 1.66. The van der Waals surface area contributed by atoms with Crippen molar-refractivity contribution in [3.8, 4) is 17.4 Å². The monoisotopic (exact) mass is 328 g/mol. The van der Waals surface area contributed by atoms with Gasteiger partial charge in [-0.05, 0) is 25.1 Å². The van der Waals surface area contributed by atoms with Crippen LogP contribution >= 0.6 is 0 Å². The van der Waals surface area contributed by atoms with Crippen LogP contribution in [0, 0.1) is 0 Å². The number of carbonyl (C=O) groups is 1. The van der Waals surface area contributed by atoms with E-state index in [1.807, 2.05) is 31.2 Å². The van der Waals surface area contributed by atoms with Crippen LogP contribution in [0.15, 0.2) is 48.7 Å². The van der Waals surface area contributed by atoms with Crippen LogP contribution in [0.1, 0.15) is 6.92 Å². The molecule has 1 aliphatic rings. The standard InChI is InChI=1S/C18H20N2O4/c1-14-12-22-10-9-20(14)18(21)13-23-15-5-4-6-16(11-15)24-17-7-2-3-8-19-17/h2-8,11,14H,9-10,12-13H2,1H3/t14-/m0/s1. The van der Waals surface area contributed by atoms with Crippen LogP contribution in [0.4, 0.5) is 0 Å². The topological polar surface area (TPSA) is 60.9 Å². The summed E-state index contributed by atoms with van der Waals surface area (Å²) in [5.41, 5.74) is 0. The molecule has 6 heteroatoms. The molecular weight excluding hydrogens is 308 g/mol. The number of benzene rings is 1. The zero-order chi connectivity index (χ0) is 16.8. The van der Waals surface area contributed by atoms with Gasteiger partial charge in [-0.3, -0.25) is 4.79 Å². The lowest BCUT2D eigenvalue weighted by Gasteiger charge is -2.33. The first-order valence-corrected chi connectivity index (χ1v) is 7.91. The van der Waals surface area contributed by atoms with Crippen LogP contribution in [-0.4, -0.2) is 48.2 Å². The van der Waals surface area contributed by atoms with Gasteiger partial charge in [0.05, 0.1) is 19.3 Å². The number of morpholine rings is 1. The highest BCUT2D eigenvalue weighted by Crippen LogP contribution is 2.23. The molecule has 126 valence electrons. The Morgan fingerprint density at radius 2 is 2.17 bits per heavy atom. The Bertz CT molecular complexity index is 678. The summed E-state index contributed by atoms with van der Waals surface area (Å²) >= 11 is 0. The molecule has 0 N–H and O–H groups in total. The van der Waals surface area contributed by atoms with Crippen molar-refractivity contribution >= 4 is 5.91 Å². The Balaban J connectivity index is 1.57. The lowest BCUT2D eigenvalue weighted by molar-refractivity contribution is -0.141. The molecule has 0 unspecified atom stereocenters. The van der Waals surface area contributed by atoms with Crippen molar-refractivity contribution < 1.29 is 19.0 Å². The first-order chi connectivity index (χ1) is 11.7. The van der Waals surface area contributed by atoms with Crippen molar-refractivity contribution in [3.05, 3.63) is 48.7 Å². The Kier molecular flexibility index (Phi) is 5.28. The lowest BCUT2D eigenvalue weighted by Crippen LogP contribution is -2.48. The van der Waals surface area contributed by atoms with Crippen molar-refractivity contribution in [2.45, 2.75) is 13.0 Å². The van der Waals surface area contributed by atoms with Crippen LogP contribution in [-0.2, 0) is 9.53 Å². The number of ether oxygens (including phenoxy) is 3. The fourth-order valence-corrected chi connectivity index (χ4v) is 2.48. The summed E-state index contributed by atoms with van der Waals surface area (Å²) < 4.78 is 16.6. The number of pyridine rings is 1. The maximum atomic E-state index is 12.3. The fourth-order valence-electron chi connectivity index (χ4n) is 2.48. The average Bonchev–Trinajstić information content (AvgIpc) is 2.61. The fraction of sp³-hybridized carbons (Fsp3) is 0.333. The minimum absolute atomic E-state index is 0.00260. The van der Waals surface area contributed by atoms with Crippen LogP contribution in [0.5, 0.6) is 17.4 Å². The highest BCUT2D eigenvalue weighted by Gasteiger charge is 2.23. The predicted octanol–water partition coefficient (Wildman–Crippen LogP) is 2.50.